The van der Waals surface area contributed by atoms with E-state index in [2.05, 4.69) is 51.8 Å². The number of piperidine rings is 1. The lowest BCUT2D eigenvalue weighted by Gasteiger charge is -2.29. The number of amidine groups is 2. The summed E-state index contributed by atoms with van der Waals surface area (Å²) in [6.45, 7) is 17.4. The number of likely N-dealkylation sites (tertiary alicyclic amines) is 1. The molecule has 6 rings (SSSR count). The molecule has 13 heteroatoms. The molecule has 0 aromatic heterocycles. The number of aliphatic imine (C=N–C) groups is 1. The summed E-state index contributed by atoms with van der Waals surface area (Å²) in [7, 11) is 4.22. The first-order valence-electron chi connectivity index (χ1n) is 22.1. The van der Waals surface area contributed by atoms with Crippen molar-refractivity contribution in [1.29, 1.82) is 10.8 Å². The Hall–Kier alpha value is -5.73. The van der Waals surface area contributed by atoms with Gasteiger partial charge in [-0.15, -0.1) is 0 Å². The number of allylic oxidation sites excluding steroid dienone is 1. The van der Waals surface area contributed by atoms with Gasteiger partial charge in [-0.25, -0.2) is 0 Å². The SMILES string of the molecule is C/C=C/c1cccc(CC=O)c1.CC.CC(=N)N1C(=N)CN=C(c2ccc(C)cc2)c2cc(OCC=O)ccc21.CCNC(C)=O.CNCc1cccc(C2CCN(C)CC2)c1.CSO. The maximum Gasteiger partial charge on any atom is 0.216 e. The fraction of sp³-hybridized carbons (Fsp3) is 0.385. The molecule has 4 aromatic carbocycles. The minimum Gasteiger partial charge on any atom is -0.486 e. The molecule has 65 heavy (non-hydrogen) atoms. The average molecular weight is 908 g/mol. The van der Waals surface area contributed by atoms with E-state index in [1.807, 2.05) is 108 Å². The summed E-state index contributed by atoms with van der Waals surface area (Å²) in [6.07, 6.45) is 10.3. The van der Waals surface area contributed by atoms with Crippen LogP contribution in [-0.2, 0) is 27.3 Å². The van der Waals surface area contributed by atoms with E-state index in [0.29, 0.717) is 24.1 Å². The van der Waals surface area contributed by atoms with Crippen LogP contribution in [0.5, 0.6) is 5.75 Å². The topological polar surface area (TPSA) is 171 Å². The fourth-order valence-corrected chi connectivity index (χ4v) is 6.78. The van der Waals surface area contributed by atoms with Crippen molar-refractivity contribution in [3.63, 3.8) is 0 Å². The van der Waals surface area contributed by atoms with Gasteiger partial charge in [0.15, 0.2) is 6.29 Å². The number of fused-ring (bicyclic) bond motifs is 1. The van der Waals surface area contributed by atoms with Crippen molar-refractivity contribution >= 4 is 59.7 Å². The quantitative estimate of drug-likeness (QED) is 0.0425. The Balaban J connectivity index is 0.000000463. The van der Waals surface area contributed by atoms with Crippen LogP contribution in [-0.4, -0.2) is 98.5 Å². The molecule has 0 aliphatic carbocycles. The van der Waals surface area contributed by atoms with Gasteiger partial charge in [0.25, 0.3) is 0 Å². The lowest BCUT2D eigenvalue weighted by atomic mass is 9.89. The van der Waals surface area contributed by atoms with Crippen LogP contribution < -0.4 is 20.3 Å². The third-order valence-electron chi connectivity index (χ3n) is 9.68. The Bertz CT molecular complexity index is 2100. The molecule has 1 amide bonds. The molecule has 2 aliphatic rings. The van der Waals surface area contributed by atoms with Gasteiger partial charge in [0, 0.05) is 43.8 Å². The lowest BCUT2D eigenvalue weighted by Crippen LogP contribution is -2.35. The molecule has 352 valence electrons. The molecule has 12 nitrogen and oxygen atoms in total. The second-order valence-electron chi connectivity index (χ2n) is 14.8. The number of hydrogen-bond acceptors (Lipinski definition) is 11. The number of nitrogens with zero attached hydrogens (tertiary/aromatic N) is 3. The highest BCUT2D eigenvalue weighted by Gasteiger charge is 2.25. The van der Waals surface area contributed by atoms with Gasteiger partial charge < -0.3 is 29.6 Å². The highest BCUT2D eigenvalue weighted by atomic mass is 32.2. The van der Waals surface area contributed by atoms with Gasteiger partial charge in [0.1, 0.15) is 30.3 Å². The highest BCUT2D eigenvalue weighted by molar-refractivity contribution is 7.93. The van der Waals surface area contributed by atoms with Crippen molar-refractivity contribution in [2.24, 2.45) is 4.99 Å². The molecule has 4 aromatic rings. The molecule has 2 aliphatic heterocycles. The van der Waals surface area contributed by atoms with Crippen LogP contribution in [0.1, 0.15) is 99.2 Å². The molecular weight excluding hydrogens is 835 g/mol. The summed E-state index contributed by atoms with van der Waals surface area (Å²) in [5.74, 6) is 1.85. The minimum absolute atomic E-state index is 0.0288. The van der Waals surface area contributed by atoms with Crippen LogP contribution in [0.15, 0.2) is 102 Å². The summed E-state index contributed by atoms with van der Waals surface area (Å²) in [4.78, 5) is 39.4. The van der Waals surface area contributed by atoms with Crippen LogP contribution >= 0.6 is 12.0 Å². The predicted molar refractivity (Wildman–Crippen MR) is 275 cm³/mol. The summed E-state index contributed by atoms with van der Waals surface area (Å²) in [5.41, 5.74) is 9.45. The predicted octanol–water partition coefficient (Wildman–Crippen LogP) is 9.87. The smallest absolute Gasteiger partial charge is 0.216 e. The van der Waals surface area contributed by atoms with Crippen LogP contribution in [0.4, 0.5) is 5.69 Å². The van der Waals surface area contributed by atoms with Crippen molar-refractivity contribution in [2.75, 3.05) is 58.0 Å². The summed E-state index contributed by atoms with van der Waals surface area (Å²) >= 11 is 0.750. The first-order valence-corrected chi connectivity index (χ1v) is 23.3. The first kappa shape index (κ1) is 57.3. The molecule has 0 saturated carbocycles. The molecule has 0 atom stereocenters. The van der Waals surface area contributed by atoms with Crippen molar-refractivity contribution < 1.29 is 23.7 Å². The van der Waals surface area contributed by atoms with Crippen LogP contribution in [0.3, 0.4) is 0 Å². The molecule has 2 heterocycles. The second-order valence-corrected chi connectivity index (χ2v) is 15.2. The Kier molecular flexibility index (Phi) is 29.7. The Morgan fingerprint density at radius 2 is 1.60 bits per heavy atom. The van der Waals surface area contributed by atoms with E-state index >= 15 is 0 Å². The normalized spacial score (nSPS) is 13.1. The van der Waals surface area contributed by atoms with Gasteiger partial charge in [0.2, 0.25) is 5.91 Å². The maximum atomic E-state index is 10.6. The monoisotopic (exact) mass is 908 g/mol. The number of rotatable bonds is 11. The van der Waals surface area contributed by atoms with E-state index in [-0.39, 0.29) is 30.7 Å². The van der Waals surface area contributed by atoms with E-state index in [1.165, 1.54) is 44.0 Å². The van der Waals surface area contributed by atoms with E-state index in [1.54, 1.807) is 30.2 Å². The lowest BCUT2D eigenvalue weighted by molar-refractivity contribution is -0.118. The third kappa shape index (κ3) is 21.7. The molecular formula is C52H73N7O5S. The number of nitrogens with one attached hydrogen (secondary N) is 4. The largest absolute Gasteiger partial charge is 0.486 e. The number of benzodiazepines with no additional fused rings is 1. The zero-order chi connectivity index (χ0) is 48.6. The third-order valence-corrected chi connectivity index (χ3v) is 9.68. The minimum atomic E-state index is -0.0288. The van der Waals surface area contributed by atoms with Crippen LogP contribution in [0, 0.1) is 17.7 Å². The van der Waals surface area contributed by atoms with Gasteiger partial charge in [0.05, 0.1) is 17.9 Å². The molecule has 0 bridgehead atoms. The van der Waals surface area contributed by atoms with Gasteiger partial charge >= 0.3 is 0 Å². The number of carbonyl (C=O) groups is 3. The summed E-state index contributed by atoms with van der Waals surface area (Å²) in [5, 5.41) is 22.1. The number of aldehydes is 2. The molecule has 5 N–H and O–H groups in total. The Morgan fingerprint density at radius 1 is 0.954 bits per heavy atom. The van der Waals surface area contributed by atoms with Crippen molar-refractivity contribution in [1.82, 2.24) is 15.5 Å². The average Bonchev–Trinajstić information content (AvgIpc) is 3.44. The van der Waals surface area contributed by atoms with Gasteiger partial charge in [-0.2, -0.15) is 0 Å². The zero-order valence-electron chi connectivity index (χ0n) is 40.2. The second kappa shape index (κ2) is 33.7. The van der Waals surface area contributed by atoms with Crippen molar-refractivity contribution in [2.45, 2.75) is 80.2 Å². The Labute approximate surface area is 393 Å². The van der Waals surface area contributed by atoms with E-state index < -0.39 is 0 Å². The van der Waals surface area contributed by atoms with Gasteiger partial charge in [-0.05, 0) is 126 Å². The van der Waals surface area contributed by atoms with Gasteiger partial charge in [-0.1, -0.05) is 104 Å². The number of aryl methyl sites for hydroxylation is 1. The molecule has 1 fully saturated rings. The number of benzene rings is 4. The molecule has 1 saturated heterocycles. The van der Waals surface area contributed by atoms with Crippen LogP contribution in [0.25, 0.3) is 6.08 Å². The summed E-state index contributed by atoms with van der Waals surface area (Å²) in [6, 6.07) is 30.4. The Morgan fingerprint density at radius 3 is 2.15 bits per heavy atom. The maximum absolute atomic E-state index is 10.6. The van der Waals surface area contributed by atoms with Crippen LogP contribution in [0.2, 0.25) is 0 Å². The number of anilines is 1. The molecule has 0 unspecified atom stereocenters. The van der Waals surface area contributed by atoms with E-state index in [4.69, 9.17) is 20.1 Å². The molecule has 0 radical (unpaired) electrons. The standard InChI is InChI=1S/C20H20N4O2.C14H22N2.C11H12O.C4H9NO.C2H6.CH4OS/c1-13-3-5-15(6-4-13)20-17-11-16(26-10-9-25)7-8-18(17)24(14(2)21)19(22)12-23-20;1-15-11-12-4-3-5-14(10-12)13-6-8-16(2)9-7-13;1-2-4-10-5-3-6-11(9-10)7-8-12;1-3-5-4(2)6;1-2;1-3-2/h3-9,11,21-22H,10,12H2,1-2H3;3-5,10,13,15H,6-9,11H2,1-2H3;2-6,8-9H,7H2,1H3;3H2,1-2H3,(H,5,6);1-2H3;2H,1H3/b;;4-2+;;;. The fourth-order valence-electron chi connectivity index (χ4n) is 6.78. The first-order chi connectivity index (χ1) is 31.3. The molecule has 0 spiro atoms. The van der Waals surface area contributed by atoms with E-state index in [0.717, 1.165) is 70.9 Å². The van der Waals surface area contributed by atoms with Crippen molar-refractivity contribution in [3.05, 3.63) is 136 Å². The number of carbonyl (C=O) groups excluding carboxylic acids is 3. The number of ether oxygens (including phenoxy) is 1. The van der Waals surface area contributed by atoms with Crippen molar-refractivity contribution in [3.8, 4) is 5.75 Å². The summed E-state index contributed by atoms with van der Waals surface area (Å²) < 4.78 is 12.9. The number of hydrogen-bond donors (Lipinski definition) is 5. The zero-order valence-corrected chi connectivity index (χ0v) is 41.1. The van der Waals surface area contributed by atoms with Gasteiger partial charge in [-0.3, -0.25) is 30.3 Å². The van der Waals surface area contributed by atoms with E-state index in [9.17, 15) is 14.4 Å². The highest BCUT2D eigenvalue weighted by Crippen LogP contribution is 2.31. The number of amides is 1.